The number of hydrogen-bond acceptors (Lipinski definition) is 4. The van der Waals surface area contributed by atoms with Crippen LogP contribution in [-0.2, 0) is 16.1 Å². The van der Waals surface area contributed by atoms with E-state index in [0.717, 1.165) is 30.6 Å². The standard InChI is InChI=1S/C19H30ClN5O2/c1-5-6-9-25-19(20)16(15(2)21-25)7-8-17(26)23-10-12-24(13-11-23)18(27)14-22(3)4/h7-8H,5-6,9-14H2,1-4H3. The molecule has 0 aliphatic carbocycles. The minimum atomic E-state index is -0.0634. The first kappa shape index (κ1) is 21.4. The van der Waals surface area contributed by atoms with E-state index in [1.165, 1.54) is 0 Å². The van der Waals surface area contributed by atoms with E-state index < -0.39 is 0 Å². The summed E-state index contributed by atoms with van der Waals surface area (Å²) in [6, 6.07) is 0. The van der Waals surface area contributed by atoms with Crippen molar-refractivity contribution in [3.05, 3.63) is 22.5 Å². The Morgan fingerprint density at radius 2 is 1.81 bits per heavy atom. The van der Waals surface area contributed by atoms with E-state index in [0.29, 0.717) is 37.9 Å². The molecule has 8 heteroatoms. The molecule has 0 radical (unpaired) electrons. The third-order valence-corrected chi connectivity index (χ3v) is 5.02. The summed E-state index contributed by atoms with van der Waals surface area (Å²) in [4.78, 5) is 30.0. The van der Waals surface area contributed by atoms with Gasteiger partial charge in [-0.25, -0.2) is 0 Å². The number of unbranched alkanes of at least 4 members (excludes halogenated alkanes) is 1. The molecule has 1 aromatic heterocycles. The molecule has 0 spiro atoms. The van der Waals surface area contributed by atoms with Crippen LogP contribution in [0.2, 0.25) is 5.15 Å². The van der Waals surface area contributed by atoms with Gasteiger partial charge in [-0.1, -0.05) is 24.9 Å². The van der Waals surface area contributed by atoms with Gasteiger partial charge in [0.25, 0.3) is 0 Å². The Balaban J connectivity index is 1.93. The molecule has 0 aromatic carbocycles. The van der Waals surface area contributed by atoms with Crippen LogP contribution in [0.15, 0.2) is 6.08 Å². The van der Waals surface area contributed by atoms with E-state index in [-0.39, 0.29) is 11.8 Å². The summed E-state index contributed by atoms with van der Waals surface area (Å²) in [7, 11) is 3.75. The van der Waals surface area contributed by atoms with Gasteiger partial charge in [-0.2, -0.15) is 5.10 Å². The summed E-state index contributed by atoms with van der Waals surface area (Å²) in [5.41, 5.74) is 1.61. The molecule has 0 saturated carbocycles. The predicted octanol–water partition coefficient (Wildman–Crippen LogP) is 1.89. The first-order valence-electron chi connectivity index (χ1n) is 9.45. The highest BCUT2D eigenvalue weighted by Gasteiger charge is 2.23. The van der Waals surface area contributed by atoms with Gasteiger partial charge in [0.1, 0.15) is 5.15 Å². The largest absolute Gasteiger partial charge is 0.338 e. The first-order chi connectivity index (χ1) is 12.8. The molecule has 0 unspecified atom stereocenters. The lowest BCUT2D eigenvalue weighted by Crippen LogP contribution is -2.51. The Bertz CT molecular complexity index is 691. The number of amides is 2. The molecular weight excluding hydrogens is 366 g/mol. The zero-order valence-electron chi connectivity index (χ0n) is 16.7. The molecule has 2 rings (SSSR count). The summed E-state index contributed by atoms with van der Waals surface area (Å²) in [5, 5.41) is 5.02. The summed E-state index contributed by atoms with van der Waals surface area (Å²) in [6.45, 7) is 7.43. The second kappa shape index (κ2) is 9.90. The Morgan fingerprint density at radius 3 is 2.41 bits per heavy atom. The fourth-order valence-corrected chi connectivity index (χ4v) is 3.34. The number of rotatable bonds is 7. The quantitative estimate of drug-likeness (QED) is 0.661. The van der Waals surface area contributed by atoms with Crippen LogP contribution in [0.3, 0.4) is 0 Å². The number of aromatic nitrogens is 2. The number of carbonyl (C=O) groups is 2. The number of halogens is 1. The highest BCUT2D eigenvalue weighted by atomic mass is 35.5. The molecule has 7 nitrogen and oxygen atoms in total. The second-order valence-electron chi connectivity index (χ2n) is 7.14. The first-order valence-corrected chi connectivity index (χ1v) is 9.83. The van der Waals surface area contributed by atoms with Gasteiger partial charge >= 0.3 is 0 Å². The second-order valence-corrected chi connectivity index (χ2v) is 7.50. The number of piperazine rings is 1. The van der Waals surface area contributed by atoms with E-state index in [1.807, 2.05) is 30.8 Å². The maximum absolute atomic E-state index is 12.5. The third kappa shape index (κ3) is 5.81. The van der Waals surface area contributed by atoms with Gasteiger partial charge in [-0.05, 0) is 33.5 Å². The SMILES string of the molecule is CCCCn1nc(C)c(C=CC(=O)N2CCN(C(=O)CN(C)C)CC2)c1Cl. The van der Waals surface area contributed by atoms with Gasteiger partial charge in [-0.3, -0.25) is 14.3 Å². The van der Waals surface area contributed by atoms with Gasteiger partial charge in [-0.15, -0.1) is 0 Å². The summed E-state index contributed by atoms with van der Waals surface area (Å²) in [6.07, 6.45) is 5.39. The number of hydrogen-bond donors (Lipinski definition) is 0. The lowest BCUT2D eigenvalue weighted by Gasteiger charge is -2.34. The molecule has 1 aliphatic rings. The Kier molecular flexibility index (Phi) is 7.86. The molecule has 2 heterocycles. The number of likely N-dealkylation sites (N-methyl/N-ethyl adjacent to an activating group) is 1. The molecule has 150 valence electrons. The van der Waals surface area contributed by atoms with E-state index in [9.17, 15) is 9.59 Å². The molecule has 0 bridgehead atoms. The van der Waals surface area contributed by atoms with Crippen molar-refractivity contribution in [2.75, 3.05) is 46.8 Å². The molecule has 1 aromatic rings. The monoisotopic (exact) mass is 395 g/mol. The van der Waals surface area contributed by atoms with Crippen LogP contribution in [0.25, 0.3) is 6.08 Å². The summed E-state index contributed by atoms with van der Waals surface area (Å²) >= 11 is 6.41. The van der Waals surface area contributed by atoms with Crippen molar-refractivity contribution < 1.29 is 9.59 Å². The molecule has 0 atom stereocenters. The zero-order chi connectivity index (χ0) is 20.0. The van der Waals surface area contributed by atoms with Crippen molar-refractivity contribution >= 4 is 29.5 Å². The van der Waals surface area contributed by atoms with Crippen LogP contribution < -0.4 is 0 Å². The average Bonchev–Trinajstić information content (AvgIpc) is 2.90. The molecule has 1 fully saturated rings. The van der Waals surface area contributed by atoms with E-state index >= 15 is 0 Å². The van der Waals surface area contributed by atoms with E-state index in [1.54, 1.807) is 21.7 Å². The van der Waals surface area contributed by atoms with E-state index in [4.69, 9.17) is 11.6 Å². The fourth-order valence-electron chi connectivity index (χ4n) is 3.02. The van der Waals surface area contributed by atoms with Crippen LogP contribution in [0.1, 0.15) is 31.0 Å². The fraction of sp³-hybridized carbons (Fsp3) is 0.632. The maximum atomic E-state index is 12.5. The van der Waals surface area contributed by atoms with Crippen molar-refractivity contribution in [3.63, 3.8) is 0 Å². The van der Waals surface area contributed by atoms with Gasteiger partial charge in [0.15, 0.2) is 0 Å². The van der Waals surface area contributed by atoms with Crippen molar-refractivity contribution in [1.29, 1.82) is 0 Å². The third-order valence-electron chi connectivity index (χ3n) is 4.62. The Hall–Kier alpha value is -1.86. The number of carbonyl (C=O) groups excluding carboxylic acids is 2. The van der Waals surface area contributed by atoms with Crippen molar-refractivity contribution in [3.8, 4) is 0 Å². The summed E-state index contributed by atoms with van der Waals surface area (Å²) in [5.74, 6) is 0.0380. The van der Waals surface area contributed by atoms with Crippen molar-refractivity contribution in [1.82, 2.24) is 24.5 Å². The van der Waals surface area contributed by atoms with Gasteiger partial charge in [0, 0.05) is 44.4 Å². The molecule has 2 amide bonds. The lowest BCUT2D eigenvalue weighted by atomic mass is 10.2. The van der Waals surface area contributed by atoms with Crippen LogP contribution in [0, 0.1) is 6.92 Å². The predicted molar refractivity (Wildman–Crippen MR) is 108 cm³/mol. The molecule has 27 heavy (non-hydrogen) atoms. The maximum Gasteiger partial charge on any atom is 0.246 e. The highest BCUT2D eigenvalue weighted by molar-refractivity contribution is 6.31. The number of nitrogens with zero attached hydrogens (tertiary/aromatic N) is 5. The van der Waals surface area contributed by atoms with Crippen LogP contribution in [-0.4, -0.2) is 83.1 Å². The van der Waals surface area contributed by atoms with Gasteiger partial charge in [0.2, 0.25) is 11.8 Å². The Morgan fingerprint density at radius 1 is 1.19 bits per heavy atom. The van der Waals surface area contributed by atoms with E-state index in [2.05, 4.69) is 12.0 Å². The molecule has 0 N–H and O–H groups in total. The van der Waals surface area contributed by atoms with Crippen molar-refractivity contribution in [2.45, 2.75) is 33.2 Å². The molecular formula is C19H30ClN5O2. The Labute approximate surface area is 166 Å². The molecule has 1 saturated heterocycles. The molecule has 1 aliphatic heterocycles. The van der Waals surface area contributed by atoms with Gasteiger partial charge < -0.3 is 14.7 Å². The van der Waals surface area contributed by atoms with Crippen LogP contribution in [0.4, 0.5) is 0 Å². The highest BCUT2D eigenvalue weighted by Crippen LogP contribution is 2.22. The minimum Gasteiger partial charge on any atom is -0.338 e. The topological polar surface area (TPSA) is 61.7 Å². The summed E-state index contributed by atoms with van der Waals surface area (Å²) < 4.78 is 1.79. The van der Waals surface area contributed by atoms with Gasteiger partial charge in [0.05, 0.1) is 12.2 Å². The number of aryl methyl sites for hydroxylation is 2. The van der Waals surface area contributed by atoms with Crippen LogP contribution >= 0.6 is 11.6 Å². The smallest absolute Gasteiger partial charge is 0.246 e. The zero-order valence-corrected chi connectivity index (χ0v) is 17.5. The minimum absolute atomic E-state index is 0.0634. The van der Waals surface area contributed by atoms with Crippen molar-refractivity contribution in [2.24, 2.45) is 0 Å². The van der Waals surface area contributed by atoms with Crippen LogP contribution in [0.5, 0.6) is 0 Å². The average molecular weight is 396 g/mol. The normalized spacial score (nSPS) is 15.2. The lowest BCUT2D eigenvalue weighted by molar-refractivity contribution is -0.137.